The fraction of sp³-hybridized carbons (Fsp3) is 0.565. The van der Waals surface area contributed by atoms with Crippen molar-refractivity contribution >= 4 is 5.57 Å². The van der Waals surface area contributed by atoms with Gasteiger partial charge in [-0.25, -0.2) is 0 Å². The summed E-state index contributed by atoms with van der Waals surface area (Å²) < 4.78 is 0. The molecule has 0 radical (unpaired) electrons. The molecule has 0 nitrogen and oxygen atoms in total. The quantitative estimate of drug-likeness (QED) is 0.521. The van der Waals surface area contributed by atoms with E-state index in [1.54, 1.807) is 0 Å². The van der Waals surface area contributed by atoms with Crippen molar-refractivity contribution in [1.82, 2.24) is 0 Å². The van der Waals surface area contributed by atoms with Crippen LogP contribution in [-0.4, -0.2) is 0 Å². The summed E-state index contributed by atoms with van der Waals surface area (Å²) in [5.74, 6) is 0.571. The van der Waals surface area contributed by atoms with Crippen molar-refractivity contribution < 1.29 is 0 Å². The van der Waals surface area contributed by atoms with Gasteiger partial charge in [0.15, 0.2) is 0 Å². The molecule has 0 heteroatoms. The van der Waals surface area contributed by atoms with Crippen LogP contribution in [0.2, 0.25) is 0 Å². The fourth-order valence-electron chi connectivity index (χ4n) is 3.44. The molecule has 1 aliphatic carbocycles. The Morgan fingerprint density at radius 2 is 1.13 bits per heavy atom. The minimum absolute atomic E-state index is 0.168. The molecule has 1 unspecified atom stereocenters. The Bertz CT molecular complexity index is 649. The lowest BCUT2D eigenvalue weighted by Crippen LogP contribution is -2.17. The predicted octanol–water partition coefficient (Wildman–Crippen LogP) is 7.04. The molecule has 23 heavy (non-hydrogen) atoms. The van der Waals surface area contributed by atoms with Crippen LogP contribution in [-0.2, 0) is 10.8 Å². The molecule has 0 bridgehead atoms. The molecule has 0 saturated heterocycles. The zero-order valence-corrected chi connectivity index (χ0v) is 16.8. The Hall–Kier alpha value is -1.30. The van der Waals surface area contributed by atoms with Crippen molar-refractivity contribution in [3.63, 3.8) is 0 Å². The highest BCUT2D eigenvalue weighted by Gasteiger charge is 2.27. The number of benzene rings is 1. The maximum absolute atomic E-state index is 2.42. The van der Waals surface area contributed by atoms with Gasteiger partial charge >= 0.3 is 0 Å². The van der Waals surface area contributed by atoms with Crippen LogP contribution in [0.15, 0.2) is 34.9 Å². The second-order valence-corrected chi connectivity index (χ2v) is 9.39. The van der Waals surface area contributed by atoms with Gasteiger partial charge in [-0.3, -0.25) is 0 Å². The Labute approximate surface area is 143 Å². The minimum Gasteiger partial charge on any atom is -0.0629 e. The molecule has 1 atom stereocenters. The van der Waals surface area contributed by atoms with Gasteiger partial charge in [0.25, 0.3) is 0 Å². The van der Waals surface area contributed by atoms with Crippen molar-refractivity contribution in [2.24, 2.45) is 5.92 Å². The molecule has 0 aromatic heterocycles. The first-order valence-electron chi connectivity index (χ1n) is 8.89. The lowest BCUT2D eigenvalue weighted by atomic mass is 9.78. The number of hydrogen-bond donors (Lipinski definition) is 0. The van der Waals surface area contributed by atoms with E-state index < -0.39 is 0 Å². The summed E-state index contributed by atoms with van der Waals surface area (Å²) in [7, 11) is 0. The van der Waals surface area contributed by atoms with Crippen LogP contribution in [0.1, 0.15) is 85.9 Å². The predicted molar refractivity (Wildman–Crippen MR) is 104 cm³/mol. The summed E-state index contributed by atoms with van der Waals surface area (Å²) in [4.78, 5) is 0. The van der Waals surface area contributed by atoms with Crippen molar-refractivity contribution in [3.8, 4) is 0 Å². The van der Waals surface area contributed by atoms with E-state index in [9.17, 15) is 0 Å². The number of allylic oxidation sites excluding steroid dienone is 4. The molecule has 0 aliphatic heterocycles. The Balaban J connectivity index is 2.74. The minimum atomic E-state index is 0.168. The Morgan fingerprint density at radius 3 is 1.43 bits per heavy atom. The average Bonchev–Trinajstić information content (AvgIpc) is 2.60. The van der Waals surface area contributed by atoms with Crippen LogP contribution in [0.3, 0.4) is 0 Å². The second-order valence-electron chi connectivity index (χ2n) is 9.39. The molecule has 0 N–H and O–H groups in total. The monoisotopic (exact) mass is 310 g/mol. The van der Waals surface area contributed by atoms with Crippen molar-refractivity contribution in [2.45, 2.75) is 80.1 Å². The zero-order chi connectivity index (χ0) is 17.7. The zero-order valence-electron chi connectivity index (χ0n) is 16.8. The van der Waals surface area contributed by atoms with Crippen LogP contribution >= 0.6 is 0 Å². The molecule has 0 spiro atoms. The van der Waals surface area contributed by atoms with E-state index in [4.69, 9.17) is 0 Å². The molecular formula is C23H34. The Morgan fingerprint density at radius 1 is 0.696 bits per heavy atom. The summed E-state index contributed by atoms with van der Waals surface area (Å²) >= 11 is 0. The van der Waals surface area contributed by atoms with E-state index in [2.05, 4.69) is 87.4 Å². The molecule has 2 rings (SSSR count). The highest BCUT2D eigenvalue weighted by atomic mass is 14.3. The van der Waals surface area contributed by atoms with Gasteiger partial charge in [-0.05, 0) is 65.4 Å². The van der Waals surface area contributed by atoms with Gasteiger partial charge in [0.2, 0.25) is 0 Å². The van der Waals surface area contributed by atoms with Gasteiger partial charge in [-0.2, -0.15) is 0 Å². The molecule has 0 fully saturated rings. The summed E-state index contributed by atoms with van der Waals surface area (Å²) in [6.07, 6.45) is 0. The van der Waals surface area contributed by atoms with Gasteiger partial charge in [-0.1, -0.05) is 77.8 Å². The fourth-order valence-corrected chi connectivity index (χ4v) is 3.44. The summed E-state index contributed by atoms with van der Waals surface area (Å²) in [6.45, 7) is 23.1. The standard InChI is InChI=1S/C23H34/c1-14-15(2)17(4)21(16(14)3)18-11-19(22(5,6)7)13-20(12-18)23(8,9)10/h11-14H,1-10H3. The summed E-state index contributed by atoms with van der Waals surface area (Å²) in [5, 5.41) is 0. The van der Waals surface area contributed by atoms with E-state index in [1.807, 2.05) is 0 Å². The smallest absolute Gasteiger partial charge is 0.00117 e. The van der Waals surface area contributed by atoms with Crippen molar-refractivity contribution in [3.05, 3.63) is 51.6 Å². The van der Waals surface area contributed by atoms with Crippen LogP contribution in [0.4, 0.5) is 0 Å². The van der Waals surface area contributed by atoms with E-state index in [-0.39, 0.29) is 10.8 Å². The molecule has 0 heterocycles. The van der Waals surface area contributed by atoms with Gasteiger partial charge in [0.1, 0.15) is 0 Å². The maximum Gasteiger partial charge on any atom is -0.00117 e. The van der Waals surface area contributed by atoms with Gasteiger partial charge in [-0.15, -0.1) is 0 Å². The molecule has 0 saturated carbocycles. The molecule has 0 amide bonds. The first-order valence-corrected chi connectivity index (χ1v) is 8.89. The van der Waals surface area contributed by atoms with Crippen molar-refractivity contribution in [2.75, 3.05) is 0 Å². The molecular weight excluding hydrogens is 276 g/mol. The van der Waals surface area contributed by atoms with E-state index in [0.29, 0.717) is 5.92 Å². The van der Waals surface area contributed by atoms with Crippen LogP contribution < -0.4 is 0 Å². The largest absolute Gasteiger partial charge is 0.0629 e. The summed E-state index contributed by atoms with van der Waals surface area (Å²) in [5.41, 5.74) is 10.6. The van der Waals surface area contributed by atoms with Crippen LogP contribution in [0, 0.1) is 5.92 Å². The Kier molecular flexibility index (Phi) is 4.43. The van der Waals surface area contributed by atoms with Gasteiger partial charge < -0.3 is 0 Å². The van der Waals surface area contributed by atoms with E-state index in [0.717, 1.165) is 0 Å². The van der Waals surface area contributed by atoms with Gasteiger partial charge in [0.05, 0.1) is 0 Å². The lowest BCUT2D eigenvalue weighted by molar-refractivity contribution is 0.568. The van der Waals surface area contributed by atoms with E-state index in [1.165, 1.54) is 39.0 Å². The lowest BCUT2D eigenvalue weighted by Gasteiger charge is -2.27. The maximum atomic E-state index is 2.42. The topological polar surface area (TPSA) is 0 Å². The molecule has 1 aromatic rings. The normalized spacial score (nSPS) is 19.8. The van der Waals surface area contributed by atoms with E-state index >= 15 is 0 Å². The third-order valence-corrected chi connectivity index (χ3v) is 5.61. The van der Waals surface area contributed by atoms with Crippen LogP contribution in [0.25, 0.3) is 5.57 Å². The number of hydrogen-bond acceptors (Lipinski definition) is 0. The van der Waals surface area contributed by atoms with Gasteiger partial charge in [0, 0.05) is 0 Å². The highest BCUT2D eigenvalue weighted by molar-refractivity contribution is 5.85. The second kappa shape index (κ2) is 5.65. The highest BCUT2D eigenvalue weighted by Crippen LogP contribution is 2.43. The molecule has 126 valence electrons. The molecule has 1 aromatic carbocycles. The SMILES string of the molecule is CC1=C(C)C(C)C(C)=C1c1cc(C(C)(C)C)cc(C(C)(C)C)c1. The van der Waals surface area contributed by atoms with Crippen LogP contribution in [0.5, 0.6) is 0 Å². The first kappa shape index (κ1) is 18.0. The summed E-state index contributed by atoms with van der Waals surface area (Å²) in [6, 6.07) is 7.25. The number of rotatable bonds is 1. The first-order chi connectivity index (χ1) is 10.3. The third kappa shape index (κ3) is 3.32. The average molecular weight is 311 g/mol. The molecule has 1 aliphatic rings. The third-order valence-electron chi connectivity index (χ3n) is 5.61. The van der Waals surface area contributed by atoms with Crippen molar-refractivity contribution in [1.29, 1.82) is 0 Å².